The number of halogens is 2. The van der Waals surface area contributed by atoms with Crippen LogP contribution in [0.15, 0.2) is 42.5 Å². The molecular weight excluding hydrogens is 445 g/mol. The van der Waals surface area contributed by atoms with Crippen molar-refractivity contribution in [3.63, 3.8) is 0 Å². The van der Waals surface area contributed by atoms with E-state index in [0.717, 1.165) is 0 Å². The molecule has 0 aliphatic carbocycles. The standard InChI is InChI=1S/C21H23Cl2N3O3S/c1-3-19(27)24-14-5-7-15(8-6-14)25-21(29)18(10-11-30-2)26-20(28)16-9-4-13(22)12-17(16)23/h4-9,12,18H,3,10-11H2,1-2H3,(H,24,27)(H,25,29)(H,26,28). The maximum atomic E-state index is 12.8. The first-order valence-electron chi connectivity index (χ1n) is 9.29. The summed E-state index contributed by atoms with van der Waals surface area (Å²) in [7, 11) is 0. The number of thioether (sulfide) groups is 1. The number of carbonyl (C=O) groups is 3. The third-order valence-electron chi connectivity index (χ3n) is 4.17. The summed E-state index contributed by atoms with van der Waals surface area (Å²) in [5.41, 5.74) is 1.45. The number of carbonyl (C=O) groups excluding carboxylic acids is 3. The first kappa shape index (κ1) is 24.1. The molecule has 0 radical (unpaired) electrons. The quantitative estimate of drug-likeness (QED) is 0.492. The fourth-order valence-corrected chi connectivity index (χ4v) is 3.50. The molecule has 0 aliphatic heterocycles. The van der Waals surface area contributed by atoms with Crippen LogP contribution in [0.5, 0.6) is 0 Å². The van der Waals surface area contributed by atoms with Crippen molar-refractivity contribution in [2.75, 3.05) is 22.6 Å². The van der Waals surface area contributed by atoms with Crippen LogP contribution in [0.4, 0.5) is 11.4 Å². The van der Waals surface area contributed by atoms with Crippen LogP contribution >= 0.6 is 35.0 Å². The van der Waals surface area contributed by atoms with Gasteiger partial charge in [-0.05, 0) is 60.9 Å². The average Bonchev–Trinajstić information content (AvgIpc) is 2.72. The van der Waals surface area contributed by atoms with Gasteiger partial charge in [-0.15, -0.1) is 0 Å². The van der Waals surface area contributed by atoms with Crippen molar-refractivity contribution < 1.29 is 14.4 Å². The molecular formula is C21H23Cl2N3O3S. The monoisotopic (exact) mass is 467 g/mol. The lowest BCUT2D eigenvalue weighted by Gasteiger charge is -2.19. The zero-order chi connectivity index (χ0) is 22.1. The van der Waals surface area contributed by atoms with Gasteiger partial charge in [0.15, 0.2) is 0 Å². The summed E-state index contributed by atoms with van der Waals surface area (Å²) < 4.78 is 0. The SMILES string of the molecule is CCC(=O)Nc1ccc(NC(=O)C(CCSC)NC(=O)c2ccc(Cl)cc2Cl)cc1. The molecule has 0 spiro atoms. The van der Waals surface area contributed by atoms with Crippen molar-refractivity contribution in [1.82, 2.24) is 5.32 Å². The van der Waals surface area contributed by atoms with Crippen LogP contribution in [-0.4, -0.2) is 35.8 Å². The Hall–Kier alpha value is -2.22. The number of anilines is 2. The number of rotatable bonds is 9. The lowest BCUT2D eigenvalue weighted by Crippen LogP contribution is -2.44. The van der Waals surface area contributed by atoms with Crippen molar-refractivity contribution in [3.8, 4) is 0 Å². The first-order chi connectivity index (χ1) is 14.3. The summed E-state index contributed by atoms with van der Waals surface area (Å²) in [6.45, 7) is 1.77. The van der Waals surface area contributed by atoms with E-state index in [0.29, 0.717) is 35.0 Å². The molecule has 0 saturated heterocycles. The predicted molar refractivity (Wildman–Crippen MR) is 125 cm³/mol. The molecule has 0 aliphatic rings. The van der Waals surface area contributed by atoms with Gasteiger partial charge in [0.2, 0.25) is 11.8 Å². The molecule has 0 aromatic heterocycles. The Kier molecular flexibility index (Phi) is 9.49. The van der Waals surface area contributed by atoms with Gasteiger partial charge in [0.25, 0.3) is 5.91 Å². The van der Waals surface area contributed by atoms with Crippen molar-refractivity contribution in [2.45, 2.75) is 25.8 Å². The van der Waals surface area contributed by atoms with Gasteiger partial charge in [-0.25, -0.2) is 0 Å². The Bertz CT molecular complexity index is 907. The van der Waals surface area contributed by atoms with Gasteiger partial charge in [0, 0.05) is 22.8 Å². The third-order valence-corrected chi connectivity index (χ3v) is 5.36. The molecule has 3 N–H and O–H groups in total. The van der Waals surface area contributed by atoms with E-state index in [1.54, 1.807) is 49.0 Å². The maximum Gasteiger partial charge on any atom is 0.253 e. The lowest BCUT2D eigenvalue weighted by molar-refractivity contribution is -0.118. The largest absolute Gasteiger partial charge is 0.340 e. The number of nitrogens with one attached hydrogen (secondary N) is 3. The zero-order valence-corrected chi connectivity index (χ0v) is 19.0. The molecule has 160 valence electrons. The Morgan fingerprint density at radius 2 is 1.63 bits per heavy atom. The molecule has 2 aromatic rings. The van der Waals surface area contributed by atoms with E-state index in [-0.39, 0.29) is 22.4 Å². The number of benzene rings is 2. The van der Waals surface area contributed by atoms with E-state index in [9.17, 15) is 14.4 Å². The van der Waals surface area contributed by atoms with Crippen LogP contribution in [-0.2, 0) is 9.59 Å². The normalized spacial score (nSPS) is 11.5. The van der Waals surface area contributed by atoms with Gasteiger partial charge in [-0.1, -0.05) is 30.1 Å². The minimum atomic E-state index is -0.740. The molecule has 6 nitrogen and oxygen atoms in total. The topological polar surface area (TPSA) is 87.3 Å². The molecule has 0 fully saturated rings. The summed E-state index contributed by atoms with van der Waals surface area (Å²) in [5, 5.41) is 8.92. The molecule has 3 amide bonds. The van der Waals surface area contributed by atoms with E-state index < -0.39 is 11.9 Å². The van der Waals surface area contributed by atoms with Gasteiger partial charge in [0.1, 0.15) is 6.04 Å². The molecule has 2 aromatic carbocycles. The minimum Gasteiger partial charge on any atom is -0.340 e. The highest BCUT2D eigenvalue weighted by atomic mass is 35.5. The predicted octanol–water partition coefficient (Wildman–Crippen LogP) is 4.83. The van der Waals surface area contributed by atoms with Crippen LogP contribution in [0.25, 0.3) is 0 Å². The maximum absolute atomic E-state index is 12.8. The number of hydrogen-bond acceptors (Lipinski definition) is 4. The van der Waals surface area contributed by atoms with Crippen molar-refractivity contribution in [1.29, 1.82) is 0 Å². The zero-order valence-electron chi connectivity index (χ0n) is 16.6. The van der Waals surface area contributed by atoms with Gasteiger partial charge in [-0.3, -0.25) is 14.4 Å². The molecule has 0 saturated carbocycles. The number of hydrogen-bond donors (Lipinski definition) is 3. The molecule has 30 heavy (non-hydrogen) atoms. The summed E-state index contributed by atoms with van der Waals surface area (Å²) in [4.78, 5) is 36.8. The second-order valence-electron chi connectivity index (χ2n) is 6.40. The van der Waals surface area contributed by atoms with Gasteiger partial charge in [-0.2, -0.15) is 11.8 Å². The first-order valence-corrected chi connectivity index (χ1v) is 11.4. The molecule has 0 bridgehead atoms. The summed E-state index contributed by atoms with van der Waals surface area (Å²) >= 11 is 13.6. The highest BCUT2D eigenvalue weighted by Gasteiger charge is 2.22. The smallest absolute Gasteiger partial charge is 0.253 e. The highest BCUT2D eigenvalue weighted by Crippen LogP contribution is 2.21. The van der Waals surface area contributed by atoms with Crippen LogP contribution in [0.2, 0.25) is 10.0 Å². The van der Waals surface area contributed by atoms with E-state index in [1.807, 2.05) is 6.26 Å². The van der Waals surface area contributed by atoms with Gasteiger partial charge >= 0.3 is 0 Å². The van der Waals surface area contributed by atoms with Crippen molar-refractivity contribution >= 4 is 64.1 Å². The Labute approximate surface area is 190 Å². The van der Waals surface area contributed by atoms with Gasteiger partial charge in [0.05, 0.1) is 10.6 Å². The molecule has 1 atom stereocenters. The molecule has 0 heterocycles. The fourth-order valence-electron chi connectivity index (χ4n) is 2.53. The minimum absolute atomic E-state index is 0.0903. The molecule has 2 rings (SSSR count). The van der Waals surface area contributed by atoms with Crippen LogP contribution in [0.1, 0.15) is 30.1 Å². The van der Waals surface area contributed by atoms with Crippen molar-refractivity contribution in [2.24, 2.45) is 0 Å². The molecule has 9 heteroatoms. The summed E-state index contributed by atoms with van der Waals surface area (Å²) in [6, 6.07) is 10.6. The van der Waals surface area contributed by atoms with Crippen molar-refractivity contribution in [3.05, 3.63) is 58.1 Å². The van der Waals surface area contributed by atoms with E-state index in [1.165, 1.54) is 12.1 Å². The Morgan fingerprint density at radius 1 is 1.00 bits per heavy atom. The van der Waals surface area contributed by atoms with Crippen LogP contribution in [0, 0.1) is 0 Å². The Balaban J connectivity index is 2.07. The van der Waals surface area contributed by atoms with Crippen LogP contribution < -0.4 is 16.0 Å². The van der Waals surface area contributed by atoms with E-state index in [4.69, 9.17) is 23.2 Å². The molecule has 1 unspecified atom stereocenters. The summed E-state index contributed by atoms with van der Waals surface area (Å²) in [5.74, 6) is -0.190. The average molecular weight is 468 g/mol. The van der Waals surface area contributed by atoms with Crippen LogP contribution in [0.3, 0.4) is 0 Å². The summed E-state index contributed by atoms with van der Waals surface area (Å²) in [6.07, 6.45) is 2.76. The van der Waals surface area contributed by atoms with E-state index >= 15 is 0 Å². The third kappa shape index (κ3) is 7.23. The lowest BCUT2D eigenvalue weighted by atomic mass is 10.1. The number of amides is 3. The van der Waals surface area contributed by atoms with E-state index in [2.05, 4.69) is 16.0 Å². The second-order valence-corrected chi connectivity index (χ2v) is 8.23. The second kappa shape index (κ2) is 11.8. The Morgan fingerprint density at radius 3 is 2.20 bits per heavy atom. The highest BCUT2D eigenvalue weighted by molar-refractivity contribution is 7.98. The van der Waals surface area contributed by atoms with Gasteiger partial charge < -0.3 is 16.0 Å². The fraction of sp³-hybridized carbons (Fsp3) is 0.286.